The highest BCUT2D eigenvalue weighted by atomic mass is 35.5. The molecule has 1 aromatic carbocycles. The Labute approximate surface area is 111 Å². The highest BCUT2D eigenvalue weighted by Crippen LogP contribution is 2.26. The van der Waals surface area contributed by atoms with E-state index < -0.39 is 0 Å². The average Bonchev–Trinajstić information content (AvgIpc) is 2.90. The lowest BCUT2D eigenvalue weighted by Gasteiger charge is -2.13. The monoisotopic (exact) mass is 269 g/mol. The fraction of sp³-hybridized carbons (Fsp3) is 0.462. The first kappa shape index (κ1) is 12.8. The maximum absolute atomic E-state index is 11.8. The first-order chi connectivity index (χ1) is 8.27. The second-order valence-electron chi connectivity index (χ2n) is 4.13. The topological polar surface area (TPSA) is 29.1 Å². The molecule has 1 fully saturated rings. The van der Waals surface area contributed by atoms with Gasteiger partial charge in [0.2, 0.25) is 5.91 Å². The van der Waals surface area contributed by atoms with Crippen molar-refractivity contribution in [1.82, 2.24) is 5.32 Å². The summed E-state index contributed by atoms with van der Waals surface area (Å²) in [5.41, 5.74) is 1.05. The summed E-state index contributed by atoms with van der Waals surface area (Å²) in [6.45, 7) is 0.501. The summed E-state index contributed by atoms with van der Waals surface area (Å²) >= 11 is 7.98. The third kappa shape index (κ3) is 3.65. The number of thioether (sulfide) groups is 1. The first-order valence-corrected chi connectivity index (χ1v) is 7.34. The zero-order valence-electron chi connectivity index (χ0n) is 9.56. The van der Waals surface area contributed by atoms with Gasteiger partial charge in [-0.3, -0.25) is 4.79 Å². The number of hydrogen-bond acceptors (Lipinski definition) is 2. The van der Waals surface area contributed by atoms with Gasteiger partial charge in [0.05, 0.1) is 10.6 Å². The predicted molar refractivity (Wildman–Crippen MR) is 73.5 cm³/mol. The Balaban J connectivity index is 1.80. The average molecular weight is 270 g/mol. The molecule has 1 N–H and O–H groups in total. The SMILES string of the molecule is O=C(NCC(Cl)c1ccccc1)C1CCCS1. The number of halogens is 1. The van der Waals surface area contributed by atoms with E-state index in [4.69, 9.17) is 11.6 Å². The fourth-order valence-electron chi connectivity index (χ4n) is 1.87. The molecule has 4 heteroatoms. The molecule has 1 heterocycles. The van der Waals surface area contributed by atoms with Gasteiger partial charge in [0.1, 0.15) is 0 Å². The molecule has 0 aliphatic carbocycles. The molecule has 1 saturated heterocycles. The molecule has 0 aromatic heterocycles. The number of hydrogen-bond donors (Lipinski definition) is 1. The van der Waals surface area contributed by atoms with Crippen LogP contribution in [0.25, 0.3) is 0 Å². The van der Waals surface area contributed by atoms with E-state index in [1.54, 1.807) is 11.8 Å². The van der Waals surface area contributed by atoms with Gasteiger partial charge in [-0.15, -0.1) is 23.4 Å². The quantitative estimate of drug-likeness (QED) is 0.852. The van der Waals surface area contributed by atoms with Crippen LogP contribution < -0.4 is 5.32 Å². The van der Waals surface area contributed by atoms with Crippen LogP contribution >= 0.6 is 23.4 Å². The number of nitrogens with one attached hydrogen (secondary N) is 1. The molecule has 2 atom stereocenters. The van der Waals surface area contributed by atoms with E-state index >= 15 is 0 Å². The maximum atomic E-state index is 11.8. The van der Waals surface area contributed by atoms with Gasteiger partial charge in [0.25, 0.3) is 0 Å². The Kier molecular flexibility index (Phi) is 4.75. The molecule has 0 spiro atoms. The minimum absolute atomic E-state index is 0.133. The Hall–Kier alpha value is -0.670. The largest absolute Gasteiger partial charge is 0.353 e. The lowest BCUT2D eigenvalue weighted by Crippen LogP contribution is -2.33. The summed E-state index contributed by atoms with van der Waals surface area (Å²) in [7, 11) is 0. The Morgan fingerprint density at radius 1 is 1.47 bits per heavy atom. The third-order valence-corrected chi connectivity index (χ3v) is 4.62. The molecule has 1 aromatic rings. The molecule has 1 amide bonds. The van der Waals surface area contributed by atoms with Crippen LogP contribution in [0, 0.1) is 0 Å². The summed E-state index contributed by atoms with van der Waals surface area (Å²) in [5, 5.41) is 2.92. The zero-order chi connectivity index (χ0) is 12.1. The van der Waals surface area contributed by atoms with Gasteiger partial charge in [-0.05, 0) is 24.2 Å². The number of carbonyl (C=O) groups excluding carboxylic acids is 1. The predicted octanol–water partition coefficient (Wildman–Crippen LogP) is 2.98. The second-order valence-corrected chi connectivity index (χ2v) is 5.96. The van der Waals surface area contributed by atoms with Gasteiger partial charge in [0.15, 0.2) is 0 Å². The first-order valence-electron chi connectivity index (χ1n) is 5.85. The molecule has 2 nitrogen and oxygen atoms in total. The molecule has 92 valence electrons. The van der Waals surface area contributed by atoms with E-state index in [-0.39, 0.29) is 16.5 Å². The molecule has 1 aliphatic heterocycles. The van der Waals surface area contributed by atoms with Gasteiger partial charge in [0, 0.05) is 6.54 Å². The number of carbonyl (C=O) groups is 1. The molecule has 0 bridgehead atoms. The molecular formula is C13H16ClNOS. The Morgan fingerprint density at radius 2 is 2.24 bits per heavy atom. The number of alkyl halides is 1. The minimum Gasteiger partial charge on any atom is -0.353 e. The van der Waals surface area contributed by atoms with Gasteiger partial charge in [-0.25, -0.2) is 0 Å². The lowest BCUT2D eigenvalue weighted by molar-refractivity contribution is -0.120. The molecule has 0 saturated carbocycles. The van der Waals surface area contributed by atoms with E-state index in [0.717, 1.165) is 24.2 Å². The summed E-state index contributed by atoms with van der Waals surface area (Å²) < 4.78 is 0. The summed E-state index contributed by atoms with van der Waals surface area (Å²) in [6, 6.07) is 9.84. The van der Waals surface area contributed by atoms with Crippen molar-refractivity contribution >= 4 is 29.3 Å². The number of amides is 1. The Morgan fingerprint density at radius 3 is 2.88 bits per heavy atom. The van der Waals surface area contributed by atoms with Crippen LogP contribution in [0.4, 0.5) is 0 Å². The highest BCUT2D eigenvalue weighted by Gasteiger charge is 2.23. The van der Waals surface area contributed by atoms with Crippen molar-refractivity contribution in [3.05, 3.63) is 35.9 Å². The minimum atomic E-state index is -0.147. The lowest BCUT2D eigenvalue weighted by atomic mass is 10.1. The maximum Gasteiger partial charge on any atom is 0.233 e. The van der Waals surface area contributed by atoms with Gasteiger partial charge in [-0.1, -0.05) is 30.3 Å². The van der Waals surface area contributed by atoms with Crippen LogP contribution in [0.3, 0.4) is 0 Å². The van der Waals surface area contributed by atoms with Crippen LogP contribution in [-0.2, 0) is 4.79 Å². The normalized spacial score (nSPS) is 21.1. The van der Waals surface area contributed by atoms with Crippen LogP contribution in [0.15, 0.2) is 30.3 Å². The molecule has 1 aliphatic rings. The van der Waals surface area contributed by atoms with Crippen molar-refractivity contribution in [1.29, 1.82) is 0 Å². The van der Waals surface area contributed by atoms with Crippen LogP contribution in [0.2, 0.25) is 0 Å². The van der Waals surface area contributed by atoms with Crippen LogP contribution in [-0.4, -0.2) is 23.5 Å². The standard InChI is InChI=1S/C13H16ClNOS/c14-11(10-5-2-1-3-6-10)9-15-13(16)12-7-4-8-17-12/h1-3,5-6,11-12H,4,7-9H2,(H,15,16). The molecule has 17 heavy (non-hydrogen) atoms. The number of rotatable bonds is 4. The number of benzene rings is 1. The summed E-state index contributed by atoms with van der Waals surface area (Å²) in [4.78, 5) is 11.8. The Bertz CT molecular complexity index is 365. The van der Waals surface area contributed by atoms with E-state index in [1.807, 2.05) is 30.3 Å². The van der Waals surface area contributed by atoms with Gasteiger partial charge < -0.3 is 5.32 Å². The van der Waals surface area contributed by atoms with E-state index in [9.17, 15) is 4.79 Å². The van der Waals surface area contributed by atoms with Crippen LogP contribution in [0.1, 0.15) is 23.8 Å². The zero-order valence-corrected chi connectivity index (χ0v) is 11.1. The smallest absolute Gasteiger partial charge is 0.233 e. The van der Waals surface area contributed by atoms with Crippen LogP contribution in [0.5, 0.6) is 0 Å². The van der Waals surface area contributed by atoms with E-state index in [1.165, 1.54) is 0 Å². The second kappa shape index (κ2) is 6.31. The molecule has 2 rings (SSSR count). The summed E-state index contributed by atoms with van der Waals surface area (Å²) in [5.74, 6) is 1.23. The van der Waals surface area contributed by atoms with E-state index in [0.29, 0.717) is 6.54 Å². The fourth-order valence-corrected chi connectivity index (χ4v) is 3.28. The molecule has 0 radical (unpaired) electrons. The van der Waals surface area contributed by atoms with Crippen molar-refractivity contribution in [3.63, 3.8) is 0 Å². The third-order valence-electron chi connectivity index (χ3n) is 2.84. The van der Waals surface area contributed by atoms with Crippen molar-refractivity contribution in [2.45, 2.75) is 23.5 Å². The molecule has 2 unspecified atom stereocenters. The molecular weight excluding hydrogens is 254 g/mol. The van der Waals surface area contributed by atoms with Crippen molar-refractivity contribution in [2.75, 3.05) is 12.3 Å². The van der Waals surface area contributed by atoms with Crippen molar-refractivity contribution in [2.24, 2.45) is 0 Å². The van der Waals surface area contributed by atoms with E-state index in [2.05, 4.69) is 5.32 Å². The van der Waals surface area contributed by atoms with Crippen molar-refractivity contribution < 1.29 is 4.79 Å². The van der Waals surface area contributed by atoms with Crippen molar-refractivity contribution in [3.8, 4) is 0 Å². The highest BCUT2D eigenvalue weighted by molar-refractivity contribution is 8.00. The van der Waals surface area contributed by atoms with Gasteiger partial charge in [-0.2, -0.15) is 0 Å². The summed E-state index contributed by atoms with van der Waals surface area (Å²) in [6.07, 6.45) is 2.14. The van der Waals surface area contributed by atoms with Gasteiger partial charge >= 0.3 is 0 Å².